The molecule has 8 heteroatoms. The van der Waals surface area contributed by atoms with Crippen LogP contribution in [0.5, 0.6) is 0 Å². The molecule has 3 aliphatic rings. The number of fused-ring (bicyclic) bond motifs is 1. The molecule has 3 fully saturated rings. The summed E-state index contributed by atoms with van der Waals surface area (Å²) in [5.74, 6) is -1.78. The van der Waals surface area contributed by atoms with Gasteiger partial charge in [0.1, 0.15) is 6.04 Å². The van der Waals surface area contributed by atoms with E-state index < -0.39 is 28.7 Å². The Morgan fingerprint density at radius 3 is 2.59 bits per heavy atom. The molecule has 0 aromatic rings. The lowest BCUT2D eigenvalue weighted by Crippen LogP contribution is -2.60. The average Bonchev–Trinajstić information content (AvgIpc) is 3.45. The van der Waals surface area contributed by atoms with Gasteiger partial charge in [-0.2, -0.15) is 0 Å². The number of thioether (sulfide) groups is 1. The number of carbonyl (C=O) groups is 3. The molecule has 3 heterocycles. The number of esters is 1. The first kappa shape index (κ1) is 29.8. The normalized spacial score (nSPS) is 30.9. The predicted molar refractivity (Wildman–Crippen MR) is 148 cm³/mol. The van der Waals surface area contributed by atoms with E-state index in [1.165, 1.54) is 0 Å². The molecule has 208 valence electrons. The smallest absolute Gasteiger partial charge is 0.310 e. The number of nitrogens with zero attached hydrogens (tertiary/aromatic N) is 2. The molecule has 2 bridgehead atoms. The monoisotopic (exact) mass is 534 g/mol. The summed E-state index contributed by atoms with van der Waals surface area (Å²) in [6, 6.07) is -1.23. The van der Waals surface area contributed by atoms with Gasteiger partial charge >= 0.3 is 5.97 Å². The third-order valence-corrected chi connectivity index (χ3v) is 10.6. The van der Waals surface area contributed by atoms with E-state index in [9.17, 15) is 19.5 Å². The summed E-state index contributed by atoms with van der Waals surface area (Å²) < 4.78 is 4.94. The highest BCUT2D eigenvalue weighted by Crippen LogP contribution is 2.69. The molecule has 7 atom stereocenters. The Kier molecular flexibility index (Phi) is 10.3. The molecular weight excluding hydrogens is 488 g/mol. The molecule has 0 aromatic carbocycles. The molecule has 3 rings (SSSR count). The van der Waals surface area contributed by atoms with Gasteiger partial charge in [0.15, 0.2) is 0 Å². The van der Waals surface area contributed by atoms with Crippen LogP contribution in [0.15, 0.2) is 25.3 Å². The first-order valence-corrected chi connectivity index (χ1v) is 14.9. The number of amides is 2. The lowest BCUT2D eigenvalue weighted by Gasteiger charge is -2.42. The molecule has 37 heavy (non-hydrogen) atoms. The third kappa shape index (κ3) is 5.38. The van der Waals surface area contributed by atoms with Gasteiger partial charge in [0.25, 0.3) is 0 Å². The summed E-state index contributed by atoms with van der Waals surface area (Å²) in [6.45, 7) is 16.8. The van der Waals surface area contributed by atoms with Gasteiger partial charge in [-0.1, -0.05) is 52.7 Å². The zero-order chi connectivity index (χ0) is 27.3. The number of ether oxygens (including phenoxy) is 1. The highest BCUT2D eigenvalue weighted by molar-refractivity contribution is 8.02. The first-order valence-electron chi connectivity index (χ1n) is 14.0. The second kappa shape index (κ2) is 12.8. The maximum Gasteiger partial charge on any atom is 0.310 e. The summed E-state index contributed by atoms with van der Waals surface area (Å²) >= 11 is 1.65. The number of allylic oxidation sites excluding steroid dienone is 1. The molecule has 3 unspecified atom stereocenters. The lowest BCUT2D eigenvalue weighted by molar-refractivity contribution is -0.155. The highest BCUT2D eigenvalue weighted by Gasteiger charge is 2.77. The number of unbranched alkanes of at least 4 members (excludes halogenated alkanes) is 3. The topological polar surface area (TPSA) is 87.2 Å². The van der Waals surface area contributed by atoms with E-state index >= 15 is 0 Å². The molecule has 0 aliphatic carbocycles. The van der Waals surface area contributed by atoms with Crippen LogP contribution in [0, 0.1) is 23.7 Å². The van der Waals surface area contributed by atoms with Gasteiger partial charge in [-0.3, -0.25) is 14.4 Å². The van der Waals surface area contributed by atoms with Crippen LogP contribution in [-0.4, -0.2) is 81.1 Å². The number of likely N-dealkylation sites (tertiary alicyclic amines) is 1. The van der Waals surface area contributed by atoms with Crippen molar-refractivity contribution in [1.82, 2.24) is 9.80 Å². The molecule has 1 N–H and O–H groups in total. The summed E-state index contributed by atoms with van der Waals surface area (Å²) in [4.78, 5) is 45.5. The Morgan fingerprint density at radius 1 is 1.27 bits per heavy atom. The van der Waals surface area contributed by atoms with Crippen LogP contribution in [0.3, 0.4) is 0 Å². The lowest BCUT2D eigenvalue weighted by atomic mass is 9.66. The largest absolute Gasteiger partial charge is 0.465 e. The maximum atomic E-state index is 14.4. The zero-order valence-corrected chi connectivity index (χ0v) is 23.9. The van der Waals surface area contributed by atoms with Gasteiger partial charge in [-0.15, -0.1) is 24.9 Å². The van der Waals surface area contributed by atoms with Crippen LogP contribution in [0.25, 0.3) is 0 Å². The summed E-state index contributed by atoms with van der Waals surface area (Å²) in [5, 5.41) is 10.3. The van der Waals surface area contributed by atoms with Crippen molar-refractivity contribution < 1.29 is 24.2 Å². The molecule has 2 amide bonds. The molecule has 0 aromatic heterocycles. The van der Waals surface area contributed by atoms with Crippen LogP contribution in [-0.2, 0) is 19.1 Å². The Hall–Kier alpha value is -1.80. The minimum Gasteiger partial charge on any atom is -0.465 e. The van der Waals surface area contributed by atoms with E-state index in [1.54, 1.807) is 28.8 Å². The predicted octanol–water partition coefficient (Wildman–Crippen LogP) is 4.05. The molecule has 0 radical (unpaired) electrons. The van der Waals surface area contributed by atoms with Crippen LogP contribution < -0.4 is 0 Å². The fourth-order valence-corrected chi connectivity index (χ4v) is 9.04. The standard InChI is InChI=1S/C29H46N2O5S/c1-7-10-12-15-30(14-9-3)27(34)25-29-20(6)17-22(37-29)23(28(35)36-16-13-11-8-2)24(29)26(33)31(25)21(18-32)19(4)5/h8-9,19-25,32H,2-3,7,10-18H2,1,4-6H3/t20?,21-,22-,23+,24-,25?,29?/m0/s1. The van der Waals surface area contributed by atoms with Crippen molar-refractivity contribution in [3.05, 3.63) is 25.3 Å². The Morgan fingerprint density at radius 2 is 2.00 bits per heavy atom. The van der Waals surface area contributed by atoms with E-state index in [4.69, 9.17) is 4.74 Å². The summed E-state index contributed by atoms with van der Waals surface area (Å²) in [7, 11) is 0. The second-order valence-electron chi connectivity index (χ2n) is 11.2. The second-order valence-corrected chi connectivity index (χ2v) is 12.7. The molecule has 7 nitrogen and oxygen atoms in total. The number of rotatable bonds is 15. The van der Waals surface area contributed by atoms with Crippen molar-refractivity contribution in [3.63, 3.8) is 0 Å². The zero-order valence-electron chi connectivity index (χ0n) is 23.1. The van der Waals surface area contributed by atoms with Gasteiger partial charge < -0.3 is 19.6 Å². The Bertz CT molecular complexity index is 863. The highest BCUT2D eigenvalue weighted by atomic mass is 32.2. The fourth-order valence-electron chi connectivity index (χ4n) is 6.65. The van der Waals surface area contributed by atoms with Crippen molar-refractivity contribution in [2.75, 3.05) is 26.3 Å². The van der Waals surface area contributed by atoms with Gasteiger partial charge in [0.2, 0.25) is 11.8 Å². The van der Waals surface area contributed by atoms with E-state index in [2.05, 4.69) is 27.0 Å². The van der Waals surface area contributed by atoms with Crippen LogP contribution in [0.2, 0.25) is 0 Å². The minimum atomic E-state index is -0.727. The van der Waals surface area contributed by atoms with E-state index in [0.29, 0.717) is 26.1 Å². The molecule has 3 saturated heterocycles. The van der Waals surface area contributed by atoms with Crippen LogP contribution in [0.1, 0.15) is 66.2 Å². The minimum absolute atomic E-state index is 0.0470. The molecule has 3 aliphatic heterocycles. The quantitative estimate of drug-likeness (QED) is 0.194. The van der Waals surface area contributed by atoms with Gasteiger partial charge in [-0.25, -0.2) is 0 Å². The van der Waals surface area contributed by atoms with Crippen molar-refractivity contribution in [2.24, 2.45) is 23.7 Å². The van der Waals surface area contributed by atoms with Gasteiger partial charge in [-0.05, 0) is 37.5 Å². The average molecular weight is 535 g/mol. The number of aliphatic hydroxyl groups excluding tert-OH is 1. The summed E-state index contributed by atoms with van der Waals surface area (Å²) in [5.41, 5.74) is 0. The Balaban J connectivity index is 2.03. The first-order chi connectivity index (χ1) is 17.7. The van der Waals surface area contributed by atoms with Gasteiger partial charge in [0.05, 0.1) is 35.8 Å². The van der Waals surface area contributed by atoms with Gasteiger partial charge in [0, 0.05) is 18.3 Å². The Labute approximate surface area is 227 Å². The van der Waals surface area contributed by atoms with Crippen LogP contribution >= 0.6 is 11.8 Å². The number of hydrogen-bond acceptors (Lipinski definition) is 6. The molecular formula is C29H46N2O5S. The third-order valence-electron chi connectivity index (χ3n) is 8.49. The van der Waals surface area contributed by atoms with E-state index in [0.717, 1.165) is 32.1 Å². The number of aliphatic hydroxyl groups is 1. The van der Waals surface area contributed by atoms with Crippen molar-refractivity contribution in [1.29, 1.82) is 0 Å². The van der Waals surface area contributed by atoms with Crippen molar-refractivity contribution in [3.8, 4) is 0 Å². The number of hydrogen-bond donors (Lipinski definition) is 1. The number of carbonyl (C=O) groups excluding carboxylic acids is 3. The van der Waals surface area contributed by atoms with Crippen molar-refractivity contribution in [2.45, 2.75) is 88.3 Å². The van der Waals surface area contributed by atoms with E-state index in [1.807, 2.05) is 18.7 Å². The van der Waals surface area contributed by atoms with E-state index in [-0.39, 0.29) is 41.5 Å². The SMILES string of the molecule is C=CCCCOC(=O)[C@@H]1[C@@H]2CC(C)C3(S2)C(C(=O)N(CC=C)CCCCC)N([C@@H](CO)C(C)C)C(=O)[C@H]13. The van der Waals surface area contributed by atoms with Crippen LogP contribution in [0.4, 0.5) is 0 Å². The van der Waals surface area contributed by atoms with Crippen molar-refractivity contribution >= 4 is 29.5 Å². The molecule has 1 spiro atoms. The summed E-state index contributed by atoms with van der Waals surface area (Å²) in [6.07, 6.45) is 8.69. The fraction of sp³-hybridized carbons (Fsp3) is 0.759. The maximum absolute atomic E-state index is 14.4. The molecule has 0 saturated carbocycles.